The molecule has 0 aliphatic heterocycles. The summed E-state index contributed by atoms with van der Waals surface area (Å²) in [7, 11) is 0. The molecule has 0 amide bonds. The van der Waals surface area contributed by atoms with Gasteiger partial charge in [0, 0.05) is 12.6 Å². The minimum atomic E-state index is 0.336. The summed E-state index contributed by atoms with van der Waals surface area (Å²) in [6.45, 7) is 1.80. The van der Waals surface area contributed by atoms with E-state index < -0.39 is 0 Å². The van der Waals surface area contributed by atoms with Crippen molar-refractivity contribution in [3.8, 4) is 0 Å². The Balaban J connectivity index is 1.59. The highest BCUT2D eigenvalue weighted by Gasteiger charge is 2.24. The van der Waals surface area contributed by atoms with Gasteiger partial charge in [0.25, 0.3) is 0 Å². The first-order chi connectivity index (χ1) is 8.86. The Morgan fingerprint density at radius 2 is 2.06 bits per heavy atom. The lowest BCUT2D eigenvalue weighted by Gasteiger charge is -2.18. The first kappa shape index (κ1) is 12.2. The number of hydrogen-bond donors (Lipinski definition) is 2. The van der Waals surface area contributed by atoms with E-state index in [0.717, 1.165) is 18.4 Å². The third-order valence-corrected chi connectivity index (χ3v) is 4.24. The first-order valence-corrected chi connectivity index (χ1v) is 7.40. The second kappa shape index (κ2) is 5.41. The lowest BCUT2D eigenvalue weighted by atomic mass is 10.0. The second-order valence-corrected chi connectivity index (χ2v) is 5.92. The van der Waals surface area contributed by atoms with Gasteiger partial charge in [0.2, 0.25) is 0 Å². The van der Waals surface area contributed by atoms with Crippen molar-refractivity contribution in [3.05, 3.63) is 35.4 Å². The maximum atomic E-state index is 5.92. The summed E-state index contributed by atoms with van der Waals surface area (Å²) in [6, 6.07) is 9.36. The van der Waals surface area contributed by atoms with E-state index in [9.17, 15) is 0 Å². The molecule has 18 heavy (non-hydrogen) atoms. The average molecular weight is 244 g/mol. The van der Waals surface area contributed by atoms with Gasteiger partial charge in [-0.25, -0.2) is 0 Å². The molecule has 2 heteroatoms. The summed E-state index contributed by atoms with van der Waals surface area (Å²) in [5, 5.41) is 3.62. The first-order valence-electron chi connectivity index (χ1n) is 7.40. The molecule has 0 saturated heterocycles. The topological polar surface area (TPSA) is 38.0 Å². The summed E-state index contributed by atoms with van der Waals surface area (Å²) in [5.41, 5.74) is 8.80. The van der Waals surface area contributed by atoms with Gasteiger partial charge >= 0.3 is 0 Å². The van der Waals surface area contributed by atoms with E-state index in [2.05, 4.69) is 29.6 Å². The number of nitrogens with one attached hydrogen (secondary N) is 1. The fourth-order valence-electron chi connectivity index (χ4n) is 2.65. The van der Waals surface area contributed by atoms with Gasteiger partial charge in [0.05, 0.1) is 0 Å². The van der Waals surface area contributed by atoms with Gasteiger partial charge in [-0.2, -0.15) is 0 Å². The Hall–Kier alpha value is -0.860. The predicted octanol–water partition coefficient (Wildman–Crippen LogP) is 2.95. The molecule has 0 heterocycles. The van der Waals surface area contributed by atoms with E-state index in [1.807, 2.05) is 0 Å². The zero-order valence-electron chi connectivity index (χ0n) is 11.1. The molecule has 0 radical (unpaired) electrons. The number of nitrogens with two attached hydrogens (primary N) is 1. The summed E-state index contributed by atoms with van der Waals surface area (Å²) < 4.78 is 0. The molecule has 2 aliphatic carbocycles. The van der Waals surface area contributed by atoms with Crippen LogP contribution in [0.5, 0.6) is 0 Å². The highest BCUT2D eigenvalue weighted by atomic mass is 14.9. The van der Waals surface area contributed by atoms with Crippen molar-refractivity contribution in [2.45, 2.75) is 44.1 Å². The second-order valence-electron chi connectivity index (χ2n) is 5.92. The minimum absolute atomic E-state index is 0.336. The van der Waals surface area contributed by atoms with Crippen LogP contribution >= 0.6 is 0 Å². The standard InChI is InChI=1S/C16H24N2/c17-11-16(18-9-8-12-4-5-12)15-3-1-2-14(10-15)13-6-7-13/h1-3,10,12-13,16,18H,4-9,11,17H2. The largest absolute Gasteiger partial charge is 0.329 e. The zero-order chi connectivity index (χ0) is 12.4. The van der Waals surface area contributed by atoms with Crippen molar-refractivity contribution in [2.75, 3.05) is 13.1 Å². The van der Waals surface area contributed by atoms with Gasteiger partial charge in [0.1, 0.15) is 0 Å². The number of hydrogen-bond acceptors (Lipinski definition) is 2. The van der Waals surface area contributed by atoms with Crippen LogP contribution < -0.4 is 11.1 Å². The molecule has 0 aromatic heterocycles. The van der Waals surface area contributed by atoms with Crippen LogP contribution in [0.4, 0.5) is 0 Å². The highest BCUT2D eigenvalue weighted by Crippen LogP contribution is 2.40. The van der Waals surface area contributed by atoms with E-state index >= 15 is 0 Å². The molecule has 0 bridgehead atoms. The molecule has 1 aromatic rings. The SMILES string of the molecule is NCC(NCCC1CC1)c1cccc(C2CC2)c1. The van der Waals surface area contributed by atoms with Crippen LogP contribution in [0.25, 0.3) is 0 Å². The van der Waals surface area contributed by atoms with Crippen molar-refractivity contribution in [1.82, 2.24) is 5.32 Å². The summed E-state index contributed by atoms with van der Waals surface area (Å²) >= 11 is 0. The number of benzene rings is 1. The number of rotatable bonds is 7. The van der Waals surface area contributed by atoms with Gasteiger partial charge in [-0.05, 0) is 48.8 Å². The van der Waals surface area contributed by atoms with Gasteiger partial charge in [-0.1, -0.05) is 37.1 Å². The molecule has 98 valence electrons. The minimum Gasteiger partial charge on any atom is -0.329 e. The molecule has 2 nitrogen and oxygen atoms in total. The van der Waals surface area contributed by atoms with E-state index in [1.54, 1.807) is 0 Å². The van der Waals surface area contributed by atoms with Gasteiger partial charge in [-0.3, -0.25) is 0 Å². The Morgan fingerprint density at radius 3 is 2.72 bits per heavy atom. The normalized spacial score (nSPS) is 20.9. The third kappa shape index (κ3) is 3.12. The summed E-state index contributed by atoms with van der Waals surface area (Å²) in [6.07, 6.45) is 6.93. The monoisotopic (exact) mass is 244 g/mol. The molecule has 3 N–H and O–H groups in total. The van der Waals surface area contributed by atoms with Crippen molar-refractivity contribution in [1.29, 1.82) is 0 Å². The molecular formula is C16H24N2. The summed E-state index contributed by atoms with van der Waals surface area (Å²) in [5.74, 6) is 1.82. The zero-order valence-corrected chi connectivity index (χ0v) is 11.1. The molecule has 1 unspecified atom stereocenters. The lowest BCUT2D eigenvalue weighted by molar-refractivity contribution is 0.516. The fraction of sp³-hybridized carbons (Fsp3) is 0.625. The Bertz CT molecular complexity index is 394. The quantitative estimate of drug-likeness (QED) is 0.774. The Labute approximate surface area is 110 Å². The van der Waals surface area contributed by atoms with E-state index in [-0.39, 0.29) is 0 Å². The van der Waals surface area contributed by atoms with Crippen LogP contribution in [0, 0.1) is 5.92 Å². The van der Waals surface area contributed by atoms with Crippen molar-refractivity contribution in [3.63, 3.8) is 0 Å². The van der Waals surface area contributed by atoms with Crippen LogP contribution in [0.15, 0.2) is 24.3 Å². The Morgan fingerprint density at radius 1 is 1.22 bits per heavy atom. The maximum absolute atomic E-state index is 5.92. The predicted molar refractivity (Wildman–Crippen MR) is 75.6 cm³/mol. The van der Waals surface area contributed by atoms with E-state index in [4.69, 9.17) is 5.73 Å². The van der Waals surface area contributed by atoms with E-state index in [1.165, 1.54) is 43.2 Å². The summed E-state index contributed by atoms with van der Waals surface area (Å²) in [4.78, 5) is 0. The average Bonchev–Trinajstić information content (AvgIpc) is 3.29. The maximum Gasteiger partial charge on any atom is 0.0444 e. The third-order valence-electron chi connectivity index (χ3n) is 4.24. The van der Waals surface area contributed by atoms with Gasteiger partial charge in [0.15, 0.2) is 0 Å². The van der Waals surface area contributed by atoms with Crippen molar-refractivity contribution in [2.24, 2.45) is 11.7 Å². The molecular weight excluding hydrogens is 220 g/mol. The van der Waals surface area contributed by atoms with Crippen LogP contribution in [0.1, 0.15) is 55.2 Å². The van der Waals surface area contributed by atoms with Crippen LogP contribution in [0.3, 0.4) is 0 Å². The molecule has 3 rings (SSSR count). The van der Waals surface area contributed by atoms with Gasteiger partial charge < -0.3 is 11.1 Å². The highest BCUT2D eigenvalue weighted by molar-refractivity contribution is 5.31. The fourth-order valence-corrected chi connectivity index (χ4v) is 2.65. The van der Waals surface area contributed by atoms with E-state index in [0.29, 0.717) is 12.6 Å². The lowest BCUT2D eigenvalue weighted by Crippen LogP contribution is -2.29. The smallest absolute Gasteiger partial charge is 0.0444 e. The van der Waals surface area contributed by atoms with Crippen LogP contribution in [-0.2, 0) is 0 Å². The van der Waals surface area contributed by atoms with Crippen molar-refractivity contribution >= 4 is 0 Å². The van der Waals surface area contributed by atoms with Crippen LogP contribution in [0.2, 0.25) is 0 Å². The molecule has 2 saturated carbocycles. The molecule has 2 aliphatic rings. The van der Waals surface area contributed by atoms with Crippen molar-refractivity contribution < 1.29 is 0 Å². The van der Waals surface area contributed by atoms with Gasteiger partial charge in [-0.15, -0.1) is 0 Å². The molecule has 0 spiro atoms. The molecule has 1 atom stereocenters. The Kier molecular flexibility index (Phi) is 3.67. The molecule has 2 fully saturated rings. The molecule has 1 aromatic carbocycles. The van der Waals surface area contributed by atoms with Crippen LogP contribution in [-0.4, -0.2) is 13.1 Å².